The van der Waals surface area contributed by atoms with Gasteiger partial charge in [-0.05, 0) is 48.5 Å². The van der Waals surface area contributed by atoms with E-state index < -0.39 is 35.8 Å². The van der Waals surface area contributed by atoms with Gasteiger partial charge in [0.25, 0.3) is 15.9 Å². The zero-order valence-corrected chi connectivity index (χ0v) is 17.1. The van der Waals surface area contributed by atoms with Crippen LogP contribution < -0.4 is 14.2 Å². The zero-order valence-electron chi connectivity index (χ0n) is 18.7. The number of sulfonamides is 1. The highest BCUT2D eigenvalue weighted by Crippen LogP contribution is 2.36. The molecular formula is C18H15ClN2O6S2. The van der Waals surface area contributed by atoms with Crippen LogP contribution in [0.5, 0.6) is 11.5 Å². The summed E-state index contributed by atoms with van der Waals surface area (Å²) in [6.07, 6.45) is -0.418. The predicted octanol–water partition coefficient (Wildman–Crippen LogP) is 3.96. The van der Waals surface area contributed by atoms with E-state index in [9.17, 15) is 13.2 Å². The van der Waals surface area contributed by atoms with Crippen molar-refractivity contribution in [1.29, 1.82) is 0 Å². The van der Waals surface area contributed by atoms with Crippen molar-refractivity contribution >= 4 is 44.6 Å². The highest BCUT2D eigenvalue weighted by atomic mass is 35.5. The van der Waals surface area contributed by atoms with Crippen molar-refractivity contribution in [2.45, 2.75) is 25.1 Å². The summed E-state index contributed by atoms with van der Waals surface area (Å²) >= 11 is 6.85. The minimum absolute atomic E-state index is 0.0166. The Hall–Kier alpha value is -2.56. The van der Waals surface area contributed by atoms with Gasteiger partial charge in [0.15, 0.2) is 17.3 Å². The molecule has 2 aromatic heterocycles. The van der Waals surface area contributed by atoms with Gasteiger partial charge in [0.1, 0.15) is 17.0 Å². The second-order valence-corrected chi connectivity index (χ2v) is 8.96. The summed E-state index contributed by atoms with van der Waals surface area (Å²) in [5, 5.41) is 4.98. The summed E-state index contributed by atoms with van der Waals surface area (Å²) in [4.78, 5) is 12.6. The number of aryl methyl sites for hydroxylation is 2. The van der Waals surface area contributed by atoms with Gasteiger partial charge in [-0.15, -0.1) is 11.3 Å². The standard InChI is InChI=1S/C18H15ClN2O6S2/c1-9-5-13-14(26-8-25-13)7-11(9)6-12(22)17-15(3-4-28-17)29(23,24)21-18-16(19)10(2)20-27-18/h3-5,7,21H,6,8H2,1-2H3/i1D3,8D. The number of Topliss-reactive ketones (excluding diaryl/α,β-unsaturated/α-hetero) is 1. The number of carbonyl (C=O) groups is 1. The Morgan fingerprint density at radius 1 is 1.41 bits per heavy atom. The lowest BCUT2D eigenvalue weighted by molar-refractivity contribution is 0.0994. The summed E-state index contributed by atoms with van der Waals surface area (Å²) in [7, 11) is -4.26. The molecule has 8 nitrogen and oxygen atoms in total. The fourth-order valence-corrected chi connectivity index (χ4v) is 5.18. The number of halogens is 1. The van der Waals surface area contributed by atoms with Crippen LogP contribution in [0.2, 0.25) is 5.02 Å². The number of nitrogens with one attached hydrogen (secondary N) is 1. The summed E-state index contributed by atoms with van der Waals surface area (Å²) < 4.78 is 73.9. The molecular weight excluding hydrogens is 440 g/mol. The van der Waals surface area contributed by atoms with E-state index in [4.69, 9.17) is 31.1 Å². The molecule has 0 bridgehead atoms. The third kappa shape index (κ3) is 3.70. The van der Waals surface area contributed by atoms with Gasteiger partial charge in [0.05, 0.1) is 4.88 Å². The first kappa shape index (κ1) is 15.3. The Morgan fingerprint density at radius 3 is 2.86 bits per heavy atom. The third-order valence-electron chi connectivity index (χ3n) is 4.06. The van der Waals surface area contributed by atoms with Gasteiger partial charge in [-0.1, -0.05) is 16.8 Å². The molecule has 1 aromatic carbocycles. The first-order valence-corrected chi connectivity index (χ1v) is 10.8. The fourth-order valence-electron chi connectivity index (χ4n) is 2.62. The molecule has 1 N–H and O–H groups in total. The van der Waals surface area contributed by atoms with E-state index in [1.165, 1.54) is 30.5 Å². The van der Waals surface area contributed by atoms with Crippen LogP contribution in [0.3, 0.4) is 0 Å². The maximum absolute atomic E-state index is 13.1. The van der Waals surface area contributed by atoms with Crippen molar-refractivity contribution in [3.05, 3.63) is 50.3 Å². The highest BCUT2D eigenvalue weighted by Gasteiger charge is 2.27. The van der Waals surface area contributed by atoms with Crippen LogP contribution in [0, 0.1) is 13.8 Å². The number of fused-ring (bicyclic) bond motifs is 1. The van der Waals surface area contributed by atoms with E-state index in [1.807, 2.05) is 0 Å². The van der Waals surface area contributed by atoms with Crippen molar-refractivity contribution < 1.29 is 32.7 Å². The molecule has 1 aliphatic heterocycles. The summed E-state index contributed by atoms with van der Waals surface area (Å²) in [5.41, 5.74) is 0.233. The van der Waals surface area contributed by atoms with Crippen LogP contribution in [0.1, 0.15) is 32.0 Å². The molecule has 0 spiro atoms. The molecule has 0 saturated carbocycles. The highest BCUT2D eigenvalue weighted by molar-refractivity contribution is 7.93. The van der Waals surface area contributed by atoms with E-state index in [2.05, 4.69) is 9.88 Å². The Morgan fingerprint density at radius 2 is 2.17 bits per heavy atom. The SMILES string of the molecule is [2H]C1Oc2cc(CC(=O)c3sccc3S(=O)(=O)Nc3onc(C)c3Cl)c(C([2H])([2H])[2H])cc2O1. The lowest BCUT2D eigenvalue weighted by atomic mass is 10.0. The second-order valence-electron chi connectivity index (χ2n) is 6.02. The number of anilines is 1. The lowest BCUT2D eigenvalue weighted by Gasteiger charge is -2.09. The molecule has 0 aliphatic carbocycles. The van der Waals surface area contributed by atoms with Crippen molar-refractivity contribution in [2.75, 3.05) is 11.5 Å². The molecule has 3 heterocycles. The number of carbonyl (C=O) groups excluding carboxylic acids is 1. The fraction of sp³-hybridized carbons (Fsp3) is 0.222. The normalized spacial score (nSPS) is 17.9. The summed E-state index contributed by atoms with van der Waals surface area (Å²) in [6, 6.07) is 3.77. The maximum Gasteiger partial charge on any atom is 0.265 e. The van der Waals surface area contributed by atoms with Crippen LogP contribution in [-0.2, 0) is 16.4 Å². The van der Waals surface area contributed by atoms with Gasteiger partial charge >= 0.3 is 0 Å². The number of rotatable bonds is 6. The van der Waals surface area contributed by atoms with E-state index in [-0.39, 0.29) is 49.0 Å². The lowest BCUT2D eigenvalue weighted by Crippen LogP contribution is -2.16. The Balaban J connectivity index is 1.66. The number of aromatic nitrogens is 1. The first-order chi connectivity index (χ1) is 15.4. The monoisotopic (exact) mass is 458 g/mol. The molecule has 1 unspecified atom stereocenters. The van der Waals surface area contributed by atoms with E-state index in [0.717, 1.165) is 11.3 Å². The molecule has 3 aromatic rings. The van der Waals surface area contributed by atoms with Crippen LogP contribution in [0.15, 0.2) is 33.0 Å². The molecule has 1 aliphatic rings. The number of ketones is 1. The minimum atomic E-state index is -4.26. The Labute approximate surface area is 181 Å². The van der Waals surface area contributed by atoms with Crippen LogP contribution in [0.25, 0.3) is 0 Å². The largest absolute Gasteiger partial charge is 0.454 e. The van der Waals surface area contributed by atoms with E-state index in [0.29, 0.717) is 0 Å². The molecule has 0 radical (unpaired) electrons. The zero-order chi connectivity index (χ0) is 24.1. The maximum atomic E-state index is 13.1. The number of nitrogens with zero attached hydrogens (tertiary/aromatic N) is 1. The van der Waals surface area contributed by atoms with Gasteiger partial charge in [0.2, 0.25) is 6.77 Å². The Bertz CT molecular complexity index is 1350. The number of hydrogen-bond donors (Lipinski definition) is 1. The van der Waals surface area contributed by atoms with Gasteiger partial charge in [-0.2, -0.15) is 0 Å². The predicted molar refractivity (Wildman–Crippen MR) is 107 cm³/mol. The number of ether oxygens (including phenoxy) is 2. The van der Waals surface area contributed by atoms with Crippen molar-refractivity contribution in [3.8, 4) is 11.5 Å². The smallest absolute Gasteiger partial charge is 0.265 e. The van der Waals surface area contributed by atoms with Crippen LogP contribution >= 0.6 is 22.9 Å². The molecule has 0 saturated heterocycles. The molecule has 29 heavy (non-hydrogen) atoms. The Kier molecular flexibility index (Phi) is 3.88. The topological polar surface area (TPSA) is 108 Å². The van der Waals surface area contributed by atoms with Gasteiger partial charge in [0, 0.05) is 10.5 Å². The van der Waals surface area contributed by atoms with Gasteiger partial charge in [-0.3, -0.25) is 4.79 Å². The molecule has 0 amide bonds. The van der Waals surface area contributed by atoms with Crippen molar-refractivity contribution in [2.24, 2.45) is 0 Å². The number of thiophene rings is 1. The second kappa shape index (κ2) is 7.36. The van der Waals surface area contributed by atoms with Gasteiger partial charge < -0.3 is 14.0 Å². The average Bonchev–Trinajstić information content (AvgIpc) is 3.41. The minimum Gasteiger partial charge on any atom is -0.454 e. The van der Waals surface area contributed by atoms with Crippen LogP contribution in [0.4, 0.5) is 5.88 Å². The van der Waals surface area contributed by atoms with E-state index >= 15 is 0 Å². The molecule has 152 valence electrons. The molecule has 11 heteroatoms. The molecule has 0 fully saturated rings. The quantitative estimate of drug-likeness (QED) is 0.557. The van der Waals surface area contributed by atoms with Crippen LogP contribution in [-0.4, -0.2) is 26.1 Å². The van der Waals surface area contributed by atoms with Gasteiger partial charge in [-0.25, -0.2) is 13.1 Å². The molecule has 1 atom stereocenters. The van der Waals surface area contributed by atoms with E-state index in [1.54, 1.807) is 0 Å². The number of benzene rings is 1. The van der Waals surface area contributed by atoms with Crippen molar-refractivity contribution in [1.82, 2.24) is 5.16 Å². The summed E-state index contributed by atoms with van der Waals surface area (Å²) in [6.45, 7) is -2.40. The summed E-state index contributed by atoms with van der Waals surface area (Å²) in [5.74, 6) is -0.705. The van der Waals surface area contributed by atoms with Crippen molar-refractivity contribution in [3.63, 3.8) is 0 Å². The number of hydrogen-bond acceptors (Lipinski definition) is 8. The average molecular weight is 459 g/mol. The third-order valence-corrected chi connectivity index (χ3v) is 6.96. The first-order valence-electron chi connectivity index (χ1n) is 10.1. The molecule has 4 rings (SSSR count).